The Bertz CT molecular complexity index is 715. The van der Waals surface area contributed by atoms with Gasteiger partial charge in [0.1, 0.15) is 11.9 Å². The average Bonchev–Trinajstić information content (AvgIpc) is 2.85. The van der Waals surface area contributed by atoms with Crippen molar-refractivity contribution < 1.29 is 14.3 Å². The summed E-state index contributed by atoms with van der Waals surface area (Å²) in [4.78, 5) is 12.3. The number of nitriles is 1. The summed E-state index contributed by atoms with van der Waals surface area (Å²) in [6, 6.07) is 10.7. The summed E-state index contributed by atoms with van der Waals surface area (Å²) in [5, 5.41) is 9.27. The van der Waals surface area contributed by atoms with Gasteiger partial charge in [-0.3, -0.25) is 4.79 Å². The number of unbranched alkanes of at least 4 members (excludes halogenated alkanes) is 8. The molecule has 1 aromatic rings. The van der Waals surface area contributed by atoms with Crippen LogP contribution in [0.3, 0.4) is 0 Å². The van der Waals surface area contributed by atoms with E-state index >= 15 is 0 Å². The Morgan fingerprint density at radius 1 is 0.939 bits per heavy atom. The van der Waals surface area contributed by atoms with Crippen molar-refractivity contribution in [1.82, 2.24) is 0 Å². The van der Waals surface area contributed by atoms with Gasteiger partial charge in [-0.25, -0.2) is 0 Å². The molecule has 184 valence electrons. The van der Waals surface area contributed by atoms with Crippen molar-refractivity contribution in [2.45, 2.75) is 123 Å². The van der Waals surface area contributed by atoms with Gasteiger partial charge in [-0.1, -0.05) is 77.3 Å². The second kappa shape index (κ2) is 15.0. The fraction of sp³-hybridized carbons (Fsp3) is 0.724. The van der Waals surface area contributed by atoms with Gasteiger partial charge in [0.25, 0.3) is 0 Å². The maximum Gasteiger partial charge on any atom is 0.326 e. The normalized spacial score (nSPS) is 19.9. The van der Waals surface area contributed by atoms with Crippen LogP contribution >= 0.6 is 0 Å². The van der Waals surface area contributed by atoms with Gasteiger partial charge in [-0.2, -0.15) is 5.26 Å². The molecule has 0 spiro atoms. The number of hydrogen-bond acceptors (Lipinski definition) is 4. The van der Waals surface area contributed by atoms with Crippen molar-refractivity contribution in [1.29, 1.82) is 5.26 Å². The van der Waals surface area contributed by atoms with Crippen molar-refractivity contribution in [3.05, 3.63) is 29.8 Å². The van der Waals surface area contributed by atoms with Crippen LogP contribution in [0.15, 0.2) is 24.3 Å². The van der Waals surface area contributed by atoms with Crippen LogP contribution in [0.25, 0.3) is 0 Å². The molecule has 4 nitrogen and oxygen atoms in total. The van der Waals surface area contributed by atoms with Crippen LogP contribution in [0, 0.1) is 16.7 Å². The van der Waals surface area contributed by atoms with Crippen LogP contribution in [-0.2, 0) is 9.53 Å². The van der Waals surface area contributed by atoms with Crippen molar-refractivity contribution in [3.63, 3.8) is 0 Å². The molecule has 1 unspecified atom stereocenters. The molecule has 0 aromatic heterocycles. The predicted octanol–water partition coefficient (Wildman–Crippen LogP) is 8.11. The van der Waals surface area contributed by atoms with E-state index in [1.807, 2.05) is 6.92 Å². The molecule has 1 atom stereocenters. The summed E-state index contributed by atoms with van der Waals surface area (Å²) >= 11 is 0. The van der Waals surface area contributed by atoms with Crippen LogP contribution in [-0.4, -0.2) is 18.7 Å². The zero-order valence-electron chi connectivity index (χ0n) is 21.2. The van der Waals surface area contributed by atoms with Gasteiger partial charge in [0.2, 0.25) is 0 Å². The van der Waals surface area contributed by atoms with E-state index in [1.54, 1.807) is 6.92 Å². The molecule has 0 radical (unpaired) electrons. The highest BCUT2D eigenvalue weighted by Crippen LogP contribution is 2.35. The number of nitrogens with zero attached hydrogens (tertiary/aromatic N) is 1. The van der Waals surface area contributed by atoms with E-state index in [4.69, 9.17) is 9.47 Å². The third-order valence-corrected chi connectivity index (χ3v) is 7.22. The summed E-state index contributed by atoms with van der Waals surface area (Å²) in [5.41, 5.74) is 0.312. The zero-order valence-corrected chi connectivity index (χ0v) is 21.2. The lowest BCUT2D eigenvalue weighted by Gasteiger charge is -2.30. The van der Waals surface area contributed by atoms with Gasteiger partial charge >= 0.3 is 5.97 Å². The molecule has 1 saturated carbocycles. The maximum absolute atomic E-state index is 12.3. The first-order valence-corrected chi connectivity index (χ1v) is 13.4. The van der Waals surface area contributed by atoms with Crippen LogP contribution in [0.1, 0.15) is 122 Å². The van der Waals surface area contributed by atoms with Crippen molar-refractivity contribution in [3.8, 4) is 11.8 Å². The van der Waals surface area contributed by atoms with Crippen LogP contribution < -0.4 is 4.74 Å². The largest absolute Gasteiger partial charge is 0.494 e. The molecule has 0 bridgehead atoms. The molecule has 1 fully saturated rings. The summed E-state index contributed by atoms with van der Waals surface area (Å²) in [5.74, 6) is 1.08. The highest BCUT2D eigenvalue weighted by molar-refractivity contribution is 5.79. The fourth-order valence-corrected chi connectivity index (χ4v) is 4.50. The first-order chi connectivity index (χ1) is 16.0. The lowest BCUT2D eigenvalue weighted by Crippen LogP contribution is -2.33. The van der Waals surface area contributed by atoms with Crippen molar-refractivity contribution in [2.75, 3.05) is 6.61 Å². The molecule has 0 amide bonds. The molecular formula is C29H45NO3. The van der Waals surface area contributed by atoms with Gasteiger partial charge in [0, 0.05) is 0 Å². The van der Waals surface area contributed by atoms with E-state index < -0.39 is 5.41 Å². The standard InChI is InChI=1S/C29H45NO3/c1-4-6-7-8-9-10-11-12-13-22-32-26-18-14-24(15-19-26)25-16-20-27(21-17-25)33-28(31)29(3,5-2)23-30/h14-15,18-19,25,27H,4-13,16-17,20-22H2,1-3H3. The molecule has 0 N–H and O–H groups in total. The second-order valence-electron chi connectivity index (χ2n) is 9.92. The third-order valence-electron chi connectivity index (χ3n) is 7.22. The minimum Gasteiger partial charge on any atom is -0.494 e. The van der Waals surface area contributed by atoms with Crippen LogP contribution in [0.2, 0.25) is 0 Å². The number of hydrogen-bond donors (Lipinski definition) is 0. The number of benzene rings is 1. The molecule has 2 rings (SSSR count). The van der Waals surface area contributed by atoms with E-state index in [1.165, 1.54) is 56.9 Å². The highest BCUT2D eigenvalue weighted by atomic mass is 16.5. The monoisotopic (exact) mass is 455 g/mol. The predicted molar refractivity (Wildman–Crippen MR) is 134 cm³/mol. The van der Waals surface area contributed by atoms with Crippen LogP contribution in [0.4, 0.5) is 0 Å². The number of rotatable bonds is 15. The summed E-state index contributed by atoms with van der Waals surface area (Å²) in [6.45, 7) is 6.58. The topological polar surface area (TPSA) is 59.3 Å². The zero-order chi connectivity index (χ0) is 23.9. The molecular weight excluding hydrogens is 410 g/mol. The van der Waals surface area contributed by atoms with Gasteiger partial charge in [-0.15, -0.1) is 0 Å². The molecule has 0 heterocycles. The van der Waals surface area contributed by atoms with Gasteiger partial charge in [-0.05, 0) is 69.1 Å². The van der Waals surface area contributed by atoms with E-state index in [-0.39, 0.29) is 12.1 Å². The number of carbonyl (C=O) groups excluding carboxylic acids is 1. The first-order valence-electron chi connectivity index (χ1n) is 13.4. The molecule has 1 aliphatic carbocycles. The Labute approximate surface area is 202 Å². The Morgan fingerprint density at radius 2 is 1.52 bits per heavy atom. The number of carbonyl (C=O) groups is 1. The lowest BCUT2D eigenvalue weighted by atomic mass is 9.82. The summed E-state index contributed by atoms with van der Waals surface area (Å²) in [7, 11) is 0. The van der Waals surface area contributed by atoms with Gasteiger partial charge in [0.05, 0.1) is 12.7 Å². The van der Waals surface area contributed by atoms with Crippen LogP contribution in [0.5, 0.6) is 5.75 Å². The van der Waals surface area contributed by atoms with Crippen molar-refractivity contribution >= 4 is 5.97 Å². The first kappa shape index (κ1) is 27.2. The van der Waals surface area contributed by atoms with E-state index in [9.17, 15) is 10.1 Å². The van der Waals surface area contributed by atoms with Crippen molar-refractivity contribution in [2.24, 2.45) is 5.41 Å². The second-order valence-corrected chi connectivity index (χ2v) is 9.92. The maximum atomic E-state index is 12.3. The Kier molecular flexibility index (Phi) is 12.4. The Hall–Kier alpha value is -2.02. The minimum absolute atomic E-state index is 0.0630. The fourth-order valence-electron chi connectivity index (χ4n) is 4.50. The van der Waals surface area contributed by atoms with E-state index in [0.717, 1.165) is 44.5 Å². The Balaban J connectivity index is 1.62. The molecule has 1 aliphatic rings. The Morgan fingerprint density at radius 3 is 2.06 bits per heavy atom. The lowest BCUT2D eigenvalue weighted by molar-refractivity contribution is -0.159. The highest BCUT2D eigenvalue weighted by Gasteiger charge is 2.35. The van der Waals surface area contributed by atoms with E-state index in [2.05, 4.69) is 37.3 Å². The smallest absolute Gasteiger partial charge is 0.326 e. The quantitative estimate of drug-likeness (QED) is 0.198. The SMILES string of the molecule is CCCCCCCCCCCOc1ccc(C2CCC(OC(=O)C(C)(C#N)CC)CC2)cc1. The van der Waals surface area contributed by atoms with Gasteiger partial charge in [0.15, 0.2) is 5.41 Å². The minimum atomic E-state index is -1.03. The molecule has 4 heteroatoms. The molecule has 33 heavy (non-hydrogen) atoms. The molecule has 0 aliphatic heterocycles. The van der Waals surface area contributed by atoms with E-state index in [0.29, 0.717) is 12.3 Å². The number of esters is 1. The summed E-state index contributed by atoms with van der Waals surface area (Å²) in [6.07, 6.45) is 16.1. The number of ether oxygens (including phenoxy) is 2. The van der Waals surface area contributed by atoms with Gasteiger partial charge < -0.3 is 9.47 Å². The average molecular weight is 456 g/mol. The summed E-state index contributed by atoms with van der Waals surface area (Å²) < 4.78 is 11.6. The molecule has 0 saturated heterocycles. The molecule has 1 aromatic carbocycles. The third kappa shape index (κ3) is 9.40.